The third-order valence-electron chi connectivity index (χ3n) is 3.48. The molecule has 2 aromatic carbocycles. The summed E-state index contributed by atoms with van der Waals surface area (Å²) in [4.78, 5) is 12.6. The van der Waals surface area contributed by atoms with E-state index in [2.05, 4.69) is 12.2 Å². The zero-order chi connectivity index (χ0) is 15.2. The standard InChI is InChI=1S/C18H20ClNO/c1-3-7-15(14-8-5-4-6-9-14)18(21)20-17-11-10-13(2)12-16(17)19/h4-6,8-12,15H,3,7H2,1-2H3,(H,20,21)/t15-/m0/s1. The van der Waals surface area contributed by atoms with Gasteiger partial charge in [-0.3, -0.25) is 4.79 Å². The molecule has 0 aromatic heterocycles. The summed E-state index contributed by atoms with van der Waals surface area (Å²) in [6.45, 7) is 4.06. The summed E-state index contributed by atoms with van der Waals surface area (Å²) in [6, 6.07) is 15.5. The van der Waals surface area contributed by atoms with Gasteiger partial charge in [-0.2, -0.15) is 0 Å². The van der Waals surface area contributed by atoms with Crippen LogP contribution >= 0.6 is 11.6 Å². The van der Waals surface area contributed by atoms with Crippen molar-refractivity contribution in [2.24, 2.45) is 0 Å². The highest BCUT2D eigenvalue weighted by Crippen LogP contribution is 2.27. The van der Waals surface area contributed by atoms with E-state index in [1.807, 2.05) is 55.5 Å². The molecular weight excluding hydrogens is 282 g/mol. The summed E-state index contributed by atoms with van der Waals surface area (Å²) < 4.78 is 0. The number of carbonyl (C=O) groups excluding carboxylic acids is 1. The van der Waals surface area contributed by atoms with E-state index in [9.17, 15) is 4.79 Å². The van der Waals surface area contributed by atoms with Crippen LogP contribution in [-0.4, -0.2) is 5.91 Å². The maximum absolute atomic E-state index is 12.6. The number of rotatable bonds is 5. The van der Waals surface area contributed by atoms with Gasteiger partial charge in [-0.05, 0) is 36.6 Å². The summed E-state index contributed by atoms with van der Waals surface area (Å²) in [5.41, 5.74) is 2.79. The van der Waals surface area contributed by atoms with Gasteiger partial charge in [0.2, 0.25) is 5.91 Å². The molecule has 3 heteroatoms. The molecule has 1 N–H and O–H groups in total. The minimum Gasteiger partial charge on any atom is -0.324 e. The van der Waals surface area contributed by atoms with Crippen molar-refractivity contribution in [3.8, 4) is 0 Å². The lowest BCUT2D eigenvalue weighted by atomic mass is 9.93. The molecule has 21 heavy (non-hydrogen) atoms. The Bertz CT molecular complexity index is 610. The highest BCUT2D eigenvalue weighted by Gasteiger charge is 2.20. The number of benzene rings is 2. The van der Waals surface area contributed by atoms with Crippen molar-refractivity contribution in [1.29, 1.82) is 0 Å². The van der Waals surface area contributed by atoms with Gasteiger partial charge < -0.3 is 5.32 Å². The van der Waals surface area contributed by atoms with E-state index in [0.717, 1.165) is 24.0 Å². The van der Waals surface area contributed by atoms with Crippen molar-refractivity contribution in [3.63, 3.8) is 0 Å². The monoisotopic (exact) mass is 301 g/mol. The van der Waals surface area contributed by atoms with Crippen molar-refractivity contribution in [2.45, 2.75) is 32.6 Å². The van der Waals surface area contributed by atoms with E-state index in [0.29, 0.717) is 10.7 Å². The molecular formula is C18H20ClNO. The average Bonchev–Trinajstić information content (AvgIpc) is 2.48. The molecule has 1 atom stereocenters. The van der Waals surface area contributed by atoms with E-state index in [1.54, 1.807) is 0 Å². The van der Waals surface area contributed by atoms with Crippen LogP contribution in [0.25, 0.3) is 0 Å². The molecule has 0 unspecified atom stereocenters. The van der Waals surface area contributed by atoms with Crippen LogP contribution in [0.4, 0.5) is 5.69 Å². The van der Waals surface area contributed by atoms with Gasteiger partial charge in [0.15, 0.2) is 0 Å². The fraction of sp³-hybridized carbons (Fsp3) is 0.278. The summed E-state index contributed by atoms with van der Waals surface area (Å²) in [7, 11) is 0. The van der Waals surface area contributed by atoms with Crippen LogP contribution < -0.4 is 5.32 Å². The summed E-state index contributed by atoms with van der Waals surface area (Å²) >= 11 is 6.19. The number of hydrogen-bond acceptors (Lipinski definition) is 1. The maximum atomic E-state index is 12.6. The number of amides is 1. The van der Waals surface area contributed by atoms with E-state index < -0.39 is 0 Å². The first-order chi connectivity index (χ1) is 10.1. The highest BCUT2D eigenvalue weighted by atomic mass is 35.5. The van der Waals surface area contributed by atoms with E-state index >= 15 is 0 Å². The lowest BCUT2D eigenvalue weighted by Gasteiger charge is -2.17. The van der Waals surface area contributed by atoms with Crippen molar-refractivity contribution in [2.75, 3.05) is 5.32 Å². The molecule has 0 saturated carbocycles. The van der Waals surface area contributed by atoms with Crippen LogP contribution in [0.15, 0.2) is 48.5 Å². The number of hydrogen-bond donors (Lipinski definition) is 1. The number of carbonyl (C=O) groups is 1. The second-order valence-electron chi connectivity index (χ2n) is 5.22. The molecule has 0 saturated heterocycles. The van der Waals surface area contributed by atoms with Crippen LogP contribution in [-0.2, 0) is 4.79 Å². The van der Waals surface area contributed by atoms with Gasteiger partial charge in [0.1, 0.15) is 0 Å². The van der Waals surface area contributed by atoms with Gasteiger partial charge in [-0.15, -0.1) is 0 Å². The molecule has 0 aliphatic carbocycles. The molecule has 0 aliphatic rings. The highest BCUT2D eigenvalue weighted by molar-refractivity contribution is 6.33. The van der Waals surface area contributed by atoms with Crippen molar-refractivity contribution in [3.05, 3.63) is 64.7 Å². The molecule has 0 aliphatic heterocycles. The maximum Gasteiger partial charge on any atom is 0.231 e. The first-order valence-corrected chi connectivity index (χ1v) is 7.61. The lowest BCUT2D eigenvalue weighted by molar-refractivity contribution is -0.117. The quantitative estimate of drug-likeness (QED) is 0.811. The van der Waals surface area contributed by atoms with Crippen LogP contribution in [0.5, 0.6) is 0 Å². The normalized spacial score (nSPS) is 12.0. The first kappa shape index (κ1) is 15.6. The summed E-state index contributed by atoms with van der Waals surface area (Å²) in [5, 5.41) is 3.53. The Kier molecular flexibility index (Phi) is 5.40. The van der Waals surface area contributed by atoms with Crippen LogP contribution in [0, 0.1) is 6.92 Å². The molecule has 2 rings (SSSR count). The third-order valence-corrected chi connectivity index (χ3v) is 3.79. The second kappa shape index (κ2) is 7.28. The van der Waals surface area contributed by atoms with Gasteiger partial charge in [0.25, 0.3) is 0 Å². The fourth-order valence-electron chi connectivity index (χ4n) is 2.36. The van der Waals surface area contributed by atoms with Crippen LogP contribution in [0.2, 0.25) is 5.02 Å². The van der Waals surface area contributed by atoms with Gasteiger partial charge in [0.05, 0.1) is 16.6 Å². The lowest BCUT2D eigenvalue weighted by Crippen LogP contribution is -2.21. The molecule has 1 amide bonds. The fourth-order valence-corrected chi connectivity index (χ4v) is 2.65. The Morgan fingerprint density at radius 2 is 1.90 bits per heavy atom. The van der Waals surface area contributed by atoms with Crippen molar-refractivity contribution in [1.82, 2.24) is 0 Å². The molecule has 0 radical (unpaired) electrons. The molecule has 0 fully saturated rings. The van der Waals surface area contributed by atoms with E-state index in [4.69, 9.17) is 11.6 Å². The molecule has 0 heterocycles. The van der Waals surface area contributed by atoms with Gasteiger partial charge in [-0.1, -0.05) is 61.3 Å². The number of aryl methyl sites for hydroxylation is 1. The second-order valence-corrected chi connectivity index (χ2v) is 5.63. The van der Waals surface area contributed by atoms with Crippen molar-refractivity contribution < 1.29 is 4.79 Å². The minimum atomic E-state index is -0.145. The Hall–Kier alpha value is -1.80. The first-order valence-electron chi connectivity index (χ1n) is 7.23. The third kappa shape index (κ3) is 4.08. The Balaban J connectivity index is 2.19. The molecule has 2 nitrogen and oxygen atoms in total. The summed E-state index contributed by atoms with van der Waals surface area (Å²) in [6.07, 6.45) is 1.77. The Labute approximate surface area is 131 Å². The van der Waals surface area contributed by atoms with Crippen molar-refractivity contribution >= 4 is 23.2 Å². The van der Waals surface area contributed by atoms with Gasteiger partial charge in [-0.25, -0.2) is 0 Å². The smallest absolute Gasteiger partial charge is 0.231 e. The molecule has 2 aromatic rings. The molecule has 110 valence electrons. The van der Waals surface area contributed by atoms with E-state index in [1.165, 1.54) is 0 Å². The topological polar surface area (TPSA) is 29.1 Å². The minimum absolute atomic E-state index is 0.00574. The Morgan fingerprint density at radius 3 is 2.52 bits per heavy atom. The predicted molar refractivity (Wildman–Crippen MR) is 88.9 cm³/mol. The van der Waals surface area contributed by atoms with Crippen LogP contribution in [0.3, 0.4) is 0 Å². The van der Waals surface area contributed by atoms with E-state index in [-0.39, 0.29) is 11.8 Å². The SMILES string of the molecule is CCC[C@H](C(=O)Nc1ccc(C)cc1Cl)c1ccccc1. The van der Waals surface area contributed by atoms with Gasteiger partial charge in [0, 0.05) is 0 Å². The average molecular weight is 302 g/mol. The zero-order valence-corrected chi connectivity index (χ0v) is 13.2. The Morgan fingerprint density at radius 1 is 1.19 bits per heavy atom. The molecule has 0 bridgehead atoms. The number of nitrogens with one attached hydrogen (secondary N) is 1. The van der Waals surface area contributed by atoms with Gasteiger partial charge >= 0.3 is 0 Å². The van der Waals surface area contributed by atoms with Crippen LogP contribution in [0.1, 0.15) is 36.8 Å². The zero-order valence-electron chi connectivity index (χ0n) is 12.4. The number of halogens is 1. The predicted octanol–water partition coefficient (Wildman–Crippen LogP) is 5.17. The summed E-state index contributed by atoms with van der Waals surface area (Å²) in [5.74, 6) is -0.151. The molecule has 0 spiro atoms. The largest absolute Gasteiger partial charge is 0.324 e. The number of anilines is 1.